The zero-order chi connectivity index (χ0) is 16.2. The Hall–Kier alpha value is -2.64. The lowest BCUT2D eigenvalue weighted by Crippen LogP contribution is -2.40. The number of carbonyl (C=O) groups is 1. The lowest BCUT2D eigenvalue weighted by Gasteiger charge is -2.27. The molecule has 8 nitrogen and oxygen atoms in total. The molecule has 23 heavy (non-hydrogen) atoms. The van der Waals surface area contributed by atoms with Gasteiger partial charge in [-0.1, -0.05) is 12.8 Å². The van der Waals surface area contributed by atoms with Crippen LogP contribution in [0.15, 0.2) is 35.1 Å². The van der Waals surface area contributed by atoms with E-state index in [1.807, 2.05) is 6.07 Å². The summed E-state index contributed by atoms with van der Waals surface area (Å²) in [5.74, 6) is 0.374. The van der Waals surface area contributed by atoms with Crippen LogP contribution in [-0.4, -0.2) is 31.6 Å². The highest BCUT2D eigenvalue weighted by molar-refractivity contribution is 5.76. The molecule has 2 aromatic heterocycles. The molecule has 0 radical (unpaired) electrons. The van der Waals surface area contributed by atoms with Gasteiger partial charge in [-0.25, -0.2) is 0 Å². The predicted molar refractivity (Wildman–Crippen MR) is 80.4 cm³/mol. The van der Waals surface area contributed by atoms with E-state index in [1.54, 1.807) is 17.2 Å². The van der Waals surface area contributed by atoms with Crippen molar-refractivity contribution in [3.05, 3.63) is 46.5 Å². The summed E-state index contributed by atoms with van der Waals surface area (Å²) in [4.78, 5) is 24.6. The fourth-order valence-corrected chi connectivity index (χ4v) is 2.97. The van der Waals surface area contributed by atoms with Crippen molar-refractivity contribution >= 4 is 11.7 Å². The first-order valence-electron chi connectivity index (χ1n) is 7.63. The summed E-state index contributed by atoms with van der Waals surface area (Å²) in [6, 6.07) is 5.12. The van der Waals surface area contributed by atoms with Crippen molar-refractivity contribution in [2.45, 2.75) is 44.8 Å². The first-order chi connectivity index (χ1) is 11.1. The van der Waals surface area contributed by atoms with E-state index in [9.17, 15) is 14.9 Å². The molecule has 8 heteroatoms. The van der Waals surface area contributed by atoms with Gasteiger partial charge >= 0.3 is 5.82 Å². The maximum absolute atomic E-state index is 12.7. The lowest BCUT2D eigenvalue weighted by molar-refractivity contribution is -0.389. The summed E-state index contributed by atoms with van der Waals surface area (Å²) < 4.78 is 6.66. The molecule has 0 aliphatic heterocycles. The number of hydrogen-bond donors (Lipinski definition) is 0. The summed E-state index contributed by atoms with van der Waals surface area (Å²) in [6.07, 6.45) is 7.22. The highest BCUT2D eigenvalue weighted by atomic mass is 16.6. The van der Waals surface area contributed by atoms with Gasteiger partial charge < -0.3 is 19.4 Å². The first-order valence-corrected chi connectivity index (χ1v) is 7.63. The van der Waals surface area contributed by atoms with Gasteiger partial charge in [0.15, 0.2) is 0 Å². The fourth-order valence-electron chi connectivity index (χ4n) is 2.97. The molecule has 1 aliphatic rings. The second-order valence-electron chi connectivity index (χ2n) is 5.67. The Morgan fingerprint density at radius 1 is 1.43 bits per heavy atom. The molecule has 0 bridgehead atoms. The Kier molecular flexibility index (Phi) is 4.40. The number of nitro groups is 1. The van der Waals surface area contributed by atoms with E-state index in [-0.39, 0.29) is 24.3 Å². The standard InChI is InChI=1S/C15H18N4O4/c20-15(11-17-8-7-14(16-17)19(21)22)18(12-4-1-2-5-12)10-13-6-3-9-23-13/h3,6-9,12H,1-2,4-5,10-11H2. The number of hydrogen-bond acceptors (Lipinski definition) is 5. The highest BCUT2D eigenvalue weighted by Gasteiger charge is 2.28. The van der Waals surface area contributed by atoms with Crippen molar-refractivity contribution in [2.75, 3.05) is 0 Å². The summed E-state index contributed by atoms with van der Waals surface area (Å²) in [6.45, 7) is 0.408. The van der Waals surface area contributed by atoms with Gasteiger partial charge in [-0.05, 0) is 29.9 Å². The second kappa shape index (κ2) is 6.64. The quantitative estimate of drug-likeness (QED) is 0.602. The zero-order valence-corrected chi connectivity index (χ0v) is 12.6. The molecule has 2 heterocycles. The molecule has 1 saturated carbocycles. The number of aromatic nitrogens is 2. The van der Waals surface area contributed by atoms with E-state index in [0.717, 1.165) is 31.4 Å². The van der Waals surface area contributed by atoms with Crippen molar-refractivity contribution in [3.63, 3.8) is 0 Å². The third-order valence-electron chi connectivity index (χ3n) is 4.10. The van der Waals surface area contributed by atoms with E-state index in [4.69, 9.17) is 4.42 Å². The summed E-state index contributed by atoms with van der Waals surface area (Å²) in [5, 5.41) is 14.5. The number of amides is 1. The van der Waals surface area contributed by atoms with Gasteiger partial charge in [0.25, 0.3) is 0 Å². The van der Waals surface area contributed by atoms with Gasteiger partial charge in [-0.3, -0.25) is 4.79 Å². The minimum absolute atomic E-state index is 0.00888. The minimum Gasteiger partial charge on any atom is -0.467 e. The van der Waals surface area contributed by atoms with Crippen LogP contribution in [0.1, 0.15) is 31.4 Å². The second-order valence-corrected chi connectivity index (χ2v) is 5.67. The van der Waals surface area contributed by atoms with E-state index in [1.165, 1.54) is 16.9 Å². The Morgan fingerprint density at radius 3 is 2.83 bits per heavy atom. The van der Waals surface area contributed by atoms with Crippen LogP contribution in [0, 0.1) is 10.1 Å². The van der Waals surface area contributed by atoms with Crippen LogP contribution in [0.25, 0.3) is 0 Å². The Balaban J connectivity index is 1.72. The van der Waals surface area contributed by atoms with Crippen molar-refractivity contribution in [1.29, 1.82) is 0 Å². The van der Waals surface area contributed by atoms with Crippen LogP contribution in [0.4, 0.5) is 5.82 Å². The summed E-state index contributed by atoms with van der Waals surface area (Å²) in [5.41, 5.74) is 0. The average molecular weight is 318 g/mol. The maximum atomic E-state index is 12.7. The molecule has 0 unspecified atom stereocenters. The van der Waals surface area contributed by atoms with Crippen LogP contribution in [0.5, 0.6) is 0 Å². The van der Waals surface area contributed by atoms with Crippen molar-refractivity contribution in [1.82, 2.24) is 14.7 Å². The maximum Gasteiger partial charge on any atom is 0.389 e. The molecular formula is C15H18N4O4. The Bertz CT molecular complexity index is 673. The summed E-state index contributed by atoms with van der Waals surface area (Å²) >= 11 is 0. The highest BCUT2D eigenvalue weighted by Crippen LogP contribution is 2.25. The predicted octanol–water partition coefficient (Wildman–Crippen LogP) is 2.36. The average Bonchev–Trinajstić information content (AvgIpc) is 3.26. The van der Waals surface area contributed by atoms with E-state index in [2.05, 4.69) is 5.10 Å². The third kappa shape index (κ3) is 3.58. The van der Waals surface area contributed by atoms with Crippen molar-refractivity contribution < 1.29 is 14.1 Å². The molecule has 3 rings (SSSR count). The van der Waals surface area contributed by atoms with E-state index in [0.29, 0.717) is 6.54 Å². The molecule has 0 spiro atoms. The number of carbonyl (C=O) groups excluding carboxylic acids is 1. The smallest absolute Gasteiger partial charge is 0.389 e. The van der Waals surface area contributed by atoms with Gasteiger partial charge in [-0.2, -0.15) is 4.68 Å². The van der Waals surface area contributed by atoms with Crippen LogP contribution < -0.4 is 0 Å². The largest absolute Gasteiger partial charge is 0.467 e. The van der Waals surface area contributed by atoms with Crippen LogP contribution in [-0.2, 0) is 17.9 Å². The molecule has 0 saturated heterocycles. The van der Waals surface area contributed by atoms with Crippen molar-refractivity contribution in [3.8, 4) is 0 Å². The monoisotopic (exact) mass is 318 g/mol. The number of furan rings is 1. The third-order valence-corrected chi connectivity index (χ3v) is 4.10. The van der Waals surface area contributed by atoms with Gasteiger partial charge in [0.05, 0.1) is 30.2 Å². The first kappa shape index (κ1) is 15.3. The fraction of sp³-hybridized carbons (Fsp3) is 0.467. The normalized spacial score (nSPS) is 15.0. The molecule has 0 atom stereocenters. The van der Waals surface area contributed by atoms with Gasteiger partial charge in [-0.15, -0.1) is 0 Å². The van der Waals surface area contributed by atoms with Gasteiger partial charge in [0.1, 0.15) is 12.3 Å². The molecule has 1 amide bonds. The minimum atomic E-state index is -0.571. The lowest BCUT2D eigenvalue weighted by atomic mass is 10.2. The van der Waals surface area contributed by atoms with Crippen molar-refractivity contribution in [2.24, 2.45) is 0 Å². The number of nitrogens with zero attached hydrogens (tertiary/aromatic N) is 4. The van der Waals surface area contributed by atoms with Crippen LogP contribution in [0.3, 0.4) is 0 Å². The van der Waals surface area contributed by atoms with Gasteiger partial charge in [0.2, 0.25) is 5.91 Å². The SMILES string of the molecule is O=C(Cn1ccc([N+](=O)[O-])n1)N(Cc1ccco1)C1CCCC1. The zero-order valence-electron chi connectivity index (χ0n) is 12.6. The van der Waals surface area contributed by atoms with Gasteiger partial charge in [0, 0.05) is 6.04 Å². The Labute approximate surface area is 132 Å². The molecule has 1 aliphatic carbocycles. The van der Waals surface area contributed by atoms with Crippen LogP contribution in [0.2, 0.25) is 0 Å². The van der Waals surface area contributed by atoms with Crippen LogP contribution >= 0.6 is 0 Å². The summed E-state index contributed by atoms with van der Waals surface area (Å²) in [7, 11) is 0. The topological polar surface area (TPSA) is 94.4 Å². The Morgan fingerprint density at radius 2 is 2.22 bits per heavy atom. The molecule has 1 fully saturated rings. The van der Waals surface area contributed by atoms with E-state index >= 15 is 0 Å². The molecule has 0 N–H and O–H groups in total. The molecule has 122 valence electrons. The molecule has 2 aromatic rings. The number of rotatable bonds is 6. The molecule has 0 aromatic carbocycles. The molecular weight excluding hydrogens is 300 g/mol. The van der Waals surface area contributed by atoms with E-state index < -0.39 is 4.92 Å².